The van der Waals surface area contributed by atoms with Gasteiger partial charge in [-0.15, -0.1) is 0 Å². The number of ether oxygens (including phenoxy) is 1. The number of esters is 2. The van der Waals surface area contributed by atoms with Crippen molar-refractivity contribution in [2.24, 2.45) is 10.3 Å². The summed E-state index contributed by atoms with van der Waals surface area (Å²) in [5.41, 5.74) is 1.19. The average molecular weight is 446 g/mol. The molecule has 2 aromatic carbocycles. The van der Waals surface area contributed by atoms with E-state index in [0.717, 1.165) is 0 Å². The zero-order valence-electron chi connectivity index (χ0n) is 16.7. The fourth-order valence-corrected chi connectivity index (χ4v) is 2.65. The van der Waals surface area contributed by atoms with Gasteiger partial charge in [0.15, 0.2) is 11.7 Å². The van der Waals surface area contributed by atoms with Crippen LogP contribution in [0.5, 0.6) is 0 Å². The van der Waals surface area contributed by atoms with E-state index in [1.807, 2.05) is 0 Å². The molecule has 2 aliphatic rings. The molecule has 4 rings (SSSR count). The Kier molecular flexibility index (Phi) is 6.03. The molecule has 0 spiro atoms. The number of nitrogens with zero attached hydrogens (tertiary/aromatic N) is 2. The summed E-state index contributed by atoms with van der Waals surface area (Å²) in [5.74, 6) is -4.61. The van der Waals surface area contributed by atoms with Crippen LogP contribution in [0.3, 0.4) is 0 Å². The molecule has 2 aromatic rings. The van der Waals surface area contributed by atoms with E-state index in [-0.39, 0.29) is 11.7 Å². The number of oxime groups is 2. The van der Waals surface area contributed by atoms with Crippen molar-refractivity contribution in [2.75, 3.05) is 0 Å². The number of hydrogen-bond donors (Lipinski definition) is 2. The first kappa shape index (κ1) is 21.2. The molecular formula is C22H14N4O7. The molecule has 0 aromatic heterocycles. The summed E-state index contributed by atoms with van der Waals surface area (Å²) < 4.78 is 4.53. The number of benzene rings is 2. The second-order valence-electron chi connectivity index (χ2n) is 6.46. The highest BCUT2D eigenvalue weighted by Gasteiger charge is 2.25. The van der Waals surface area contributed by atoms with Gasteiger partial charge in [-0.3, -0.25) is 9.59 Å². The molecule has 2 amide bonds. The monoisotopic (exact) mass is 446 g/mol. The van der Waals surface area contributed by atoms with Crippen molar-refractivity contribution in [3.05, 3.63) is 95.5 Å². The minimum atomic E-state index is -1.22. The number of carbonyl (C=O) groups excluding carboxylic acids is 4. The Morgan fingerprint density at radius 3 is 1.45 bits per heavy atom. The van der Waals surface area contributed by atoms with Crippen LogP contribution in [-0.2, 0) is 33.6 Å². The van der Waals surface area contributed by atoms with Gasteiger partial charge in [-0.2, -0.15) is 0 Å². The molecule has 0 saturated carbocycles. The van der Waals surface area contributed by atoms with Crippen molar-refractivity contribution in [1.29, 1.82) is 0 Å². The summed E-state index contributed by atoms with van der Waals surface area (Å²) >= 11 is 0. The third-order valence-electron chi connectivity index (χ3n) is 4.18. The maximum atomic E-state index is 12.1. The van der Waals surface area contributed by atoms with Gasteiger partial charge in [0.1, 0.15) is 0 Å². The van der Waals surface area contributed by atoms with Crippen molar-refractivity contribution in [1.82, 2.24) is 10.6 Å². The molecule has 164 valence electrons. The van der Waals surface area contributed by atoms with Crippen LogP contribution in [0.2, 0.25) is 0 Å². The SMILES string of the molecule is O=C(/C=C1\ON=C(c2ccccc2)NC1=O)OC(=O)/C=C1/ON=C(c2ccccc2)NC1=O. The van der Waals surface area contributed by atoms with Gasteiger partial charge >= 0.3 is 11.9 Å². The normalized spacial score (nSPS) is 17.7. The van der Waals surface area contributed by atoms with Crippen LogP contribution in [-0.4, -0.2) is 35.4 Å². The molecular weight excluding hydrogens is 432 g/mol. The van der Waals surface area contributed by atoms with Gasteiger partial charge in [0, 0.05) is 11.1 Å². The van der Waals surface area contributed by atoms with Crippen LogP contribution >= 0.6 is 0 Å². The number of carbonyl (C=O) groups is 4. The lowest BCUT2D eigenvalue weighted by atomic mass is 10.2. The van der Waals surface area contributed by atoms with Gasteiger partial charge in [-0.25, -0.2) is 9.59 Å². The van der Waals surface area contributed by atoms with E-state index in [2.05, 4.69) is 25.7 Å². The van der Waals surface area contributed by atoms with Crippen LogP contribution < -0.4 is 10.6 Å². The number of amides is 2. The van der Waals surface area contributed by atoms with Crippen LogP contribution in [0.4, 0.5) is 0 Å². The molecule has 0 fully saturated rings. The highest BCUT2D eigenvalue weighted by atomic mass is 16.6. The molecule has 0 bridgehead atoms. The molecule has 0 saturated heterocycles. The molecule has 11 nitrogen and oxygen atoms in total. The summed E-state index contributed by atoms with van der Waals surface area (Å²) in [6.07, 6.45) is 1.29. The zero-order valence-corrected chi connectivity index (χ0v) is 16.7. The molecule has 0 atom stereocenters. The Bertz CT molecular complexity index is 1150. The van der Waals surface area contributed by atoms with Crippen molar-refractivity contribution >= 4 is 35.4 Å². The van der Waals surface area contributed by atoms with Crippen molar-refractivity contribution in [3.8, 4) is 0 Å². The smallest absolute Gasteiger partial charge is 0.342 e. The predicted molar refractivity (Wildman–Crippen MR) is 112 cm³/mol. The fraction of sp³-hybridized carbons (Fsp3) is 0. The lowest BCUT2D eigenvalue weighted by Crippen LogP contribution is -2.37. The summed E-state index contributed by atoms with van der Waals surface area (Å²) in [6, 6.07) is 17.4. The maximum Gasteiger partial charge on any atom is 0.342 e. The Morgan fingerprint density at radius 2 is 1.09 bits per heavy atom. The molecule has 0 radical (unpaired) electrons. The Labute approximate surface area is 186 Å². The zero-order chi connectivity index (χ0) is 23.2. The van der Waals surface area contributed by atoms with E-state index in [4.69, 9.17) is 9.68 Å². The third-order valence-corrected chi connectivity index (χ3v) is 4.18. The highest BCUT2D eigenvalue weighted by Crippen LogP contribution is 2.11. The standard InChI is InChI=1S/C22H14N4O7/c27-17(11-15-21(29)23-19(25-32-15)13-7-3-1-4-8-13)31-18(28)12-16-22(30)24-20(26-33-16)14-9-5-2-6-10-14/h1-12H,(H,23,25,29)(H,24,26,30)/b15-11-,16-12+. The van der Waals surface area contributed by atoms with Crippen molar-refractivity contribution in [3.63, 3.8) is 0 Å². The van der Waals surface area contributed by atoms with Gasteiger partial charge in [0.25, 0.3) is 11.8 Å². The largest absolute Gasteiger partial charge is 0.386 e. The fourth-order valence-electron chi connectivity index (χ4n) is 2.65. The molecule has 0 unspecified atom stereocenters. The quantitative estimate of drug-likeness (QED) is 0.402. The first-order valence-electron chi connectivity index (χ1n) is 9.42. The minimum Gasteiger partial charge on any atom is -0.386 e. The number of nitrogens with one attached hydrogen (secondary N) is 2. The maximum absolute atomic E-state index is 12.1. The average Bonchev–Trinajstić information content (AvgIpc) is 2.82. The first-order valence-corrected chi connectivity index (χ1v) is 9.42. The molecule has 11 heteroatoms. The van der Waals surface area contributed by atoms with Crippen LogP contribution in [0, 0.1) is 0 Å². The van der Waals surface area contributed by atoms with Crippen LogP contribution in [0.1, 0.15) is 11.1 Å². The molecule has 33 heavy (non-hydrogen) atoms. The van der Waals surface area contributed by atoms with E-state index in [1.54, 1.807) is 60.7 Å². The highest BCUT2D eigenvalue weighted by molar-refractivity contribution is 6.15. The lowest BCUT2D eigenvalue weighted by molar-refractivity contribution is -0.153. The Hall–Kier alpha value is -5.06. The predicted octanol–water partition coefficient (Wildman–Crippen LogP) is 0.840. The van der Waals surface area contributed by atoms with Crippen LogP contribution in [0.15, 0.2) is 94.6 Å². The van der Waals surface area contributed by atoms with E-state index in [9.17, 15) is 19.2 Å². The summed E-state index contributed by atoms with van der Waals surface area (Å²) in [4.78, 5) is 58.0. The minimum absolute atomic E-state index is 0.155. The second-order valence-corrected chi connectivity index (χ2v) is 6.46. The van der Waals surface area contributed by atoms with Gasteiger partial charge in [0.05, 0.1) is 12.2 Å². The lowest BCUT2D eigenvalue weighted by Gasteiger charge is -2.15. The number of hydrogen-bond acceptors (Lipinski definition) is 9. The first-order chi connectivity index (χ1) is 16.0. The molecule has 0 aliphatic carbocycles. The van der Waals surface area contributed by atoms with Crippen molar-refractivity contribution in [2.45, 2.75) is 0 Å². The summed E-state index contributed by atoms with van der Waals surface area (Å²) in [6.45, 7) is 0. The third kappa shape index (κ3) is 5.17. The topological polar surface area (TPSA) is 145 Å². The van der Waals surface area contributed by atoms with Gasteiger partial charge in [0.2, 0.25) is 11.5 Å². The number of rotatable bonds is 4. The molecule has 2 aliphatic heterocycles. The van der Waals surface area contributed by atoms with Crippen molar-refractivity contribution < 1.29 is 33.6 Å². The van der Waals surface area contributed by atoms with E-state index in [1.165, 1.54) is 0 Å². The summed E-state index contributed by atoms with van der Waals surface area (Å²) in [7, 11) is 0. The van der Waals surface area contributed by atoms with Gasteiger partial charge in [-0.05, 0) is 0 Å². The summed E-state index contributed by atoms with van der Waals surface area (Å²) in [5, 5.41) is 12.4. The molecule has 2 heterocycles. The van der Waals surface area contributed by atoms with Crippen LogP contribution in [0.25, 0.3) is 0 Å². The Balaban J connectivity index is 1.37. The van der Waals surface area contributed by atoms with E-state index >= 15 is 0 Å². The Morgan fingerprint density at radius 1 is 0.697 bits per heavy atom. The van der Waals surface area contributed by atoms with E-state index in [0.29, 0.717) is 23.3 Å². The van der Waals surface area contributed by atoms with E-state index < -0.39 is 35.3 Å². The second kappa shape index (κ2) is 9.39. The molecule has 2 N–H and O–H groups in total. The van der Waals surface area contributed by atoms with Gasteiger partial charge < -0.3 is 25.0 Å². The van der Waals surface area contributed by atoms with Gasteiger partial charge in [-0.1, -0.05) is 71.0 Å². The number of amidine groups is 2.